The van der Waals surface area contributed by atoms with Crippen LogP contribution in [-0.4, -0.2) is 34.5 Å². The van der Waals surface area contributed by atoms with Gasteiger partial charge < -0.3 is 19.6 Å². The van der Waals surface area contributed by atoms with Crippen molar-refractivity contribution in [3.63, 3.8) is 0 Å². The molecule has 0 radical (unpaired) electrons. The normalized spacial score (nSPS) is 13.6. The van der Waals surface area contributed by atoms with Gasteiger partial charge in [-0.1, -0.05) is 55.5 Å². The molecule has 6 rings (SSSR count). The van der Waals surface area contributed by atoms with Crippen LogP contribution in [0.3, 0.4) is 0 Å². The van der Waals surface area contributed by atoms with Crippen LogP contribution in [0.4, 0.5) is 0 Å². The molecule has 0 fully saturated rings. The van der Waals surface area contributed by atoms with Crippen LogP contribution < -0.4 is 15.4 Å². The van der Waals surface area contributed by atoms with E-state index < -0.39 is 0 Å². The largest absolute Gasteiger partial charge is 0.489 e. The molecule has 0 aliphatic carbocycles. The number of imide groups is 1. The summed E-state index contributed by atoms with van der Waals surface area (Å²) in [4.78, 5) is 29.7. The third-order valence-electron chi connectivity index (χ3n) is 7.16. The van der Waals surface area contributed by atoms with Crippen molar-refractivity contribution in [1.82, 2.24) is 20.2 Å². The highest BCUT2D eigenvalue weighted by atomic mass is 16.5. The van der Waals surface area contributed by atoms with E-state index in [4.69, 9.17) is 4.74 Å². The number of nitrogens with one attached hydrogen (secondary N) is 3. The molecule has 3 N–H and O–H groups in total. The molecule has 2 amide bonds. The van der Waals surface area contributed by atoms with E-state index in [1.54, 1.807) is 0 Å². The van der Waals surface area contributed by atoms with Crippen LogP contribution in [0.25, 0.3) is 33.0 Å². The zero-order valence-corrected chi connectivity index (χ0v) is 21.8. The summed E-state index contributed by atoms with van der Waals surface area (Å²) < 4.78 is 8.30. The molecule has 1 aliphatic rings. The maximum absolute atomic E-state index is 13.3. The minimum absolute atomic E-state index is 0.385. The van der Waals surface area contributed by atoms with Gasteiger partial charge in [0.2, 0.25) is 0 Å². The lowest BCUT2D eigenvalue weighted by molar-refractivity contribution is -0.122. The lowest BCUT2D eigenvalue weighted by Crippen LogP contribution is -2.22. The van der Waals surface area contributed by atoms with Crippen molar-refractivity contribution in [3.8, 4) is 5.75 Å². The molecule has 0 saturated heterocycles. The van der Waals surface area contributed by atoms with Crippen LogP contribution in [-0.2, 0) is 22.7 Å². The Balaban J connectivity index is 1.47. The number of para-hydroxylation sites is 1. The molecule has 1 aliphatic heterocycles. The van der Waals surface area contributed by atoms with Gasteiger partial charge in [0.1, 0.15) is 12.4 Å². The summed E-state index contributed by atoms with van der Waals surface area (Å²) in [5, 5.41) is 7.69. The van der Waals surface area contributed by atoms with E-state index in [9.17, 15) is 9.59 Å². The fourth-order valence-electron chi connectivity index (χ4n) is 5.29. The van der Waals surface area contributed by atoms with Gasteiger partial charge in [-0.05, 0) is 49.3 Å². The van der Waals surface area contributed by atoms with E-state index in [0.717, 1.165) is 59.0 Å². The summed E-state index contributed by atoms with van der Waals surface area (Å²) in [6.07, 6.45) is 4.74. The maximum atomic E-state index is 13.3. The van der Waals surface area contributed by atoms with Gasteiger partial charge in [0, 0.05) is 51.9 Å². The number of aromatic amines is 1. The molecule has 0 atom stereocenters. The Kier molecular flexibility index (Phi) is 6.73. The second kappa shape index (κ2) is 10.6. The van der Waals surface area contributed by atoms with Crippen molar-refractivity contribution in [2.45, 2.75) is 26.5 Å². The number of carbonyl (C=O) groups excluding carboxylic acids is 2. The van der Waals surface area contributed by atoms with Crippen molar-refractivity contribution in [3.05, 3.63) is 102 Å². The first kappa shape index (κ1) is 24.7. The summed E-state index contributed by atoms with van der Waals surface area (Å²) in [7, 11) is 0. The zero-order chi connectivity index (χ0) is 26.8. The molecule has 0 bridgehead atoms. The third kappa shape index (κ3) is 4.73. The van der Waals surface area contributed by atoms with Gasteiger partial charge in [-0.3, -0.25) is 14.9 Å². The number of H-pyrrole nitrogens is 1. The highest BCUT2D eigenvalue weighted by molar-refractivity contribution is 6.50. The summed E-state index contributed by atoms with van der Waals surface area (Å²) in [5.74, 6) is -0.0659. The number of nitrogens with zero attached hydrogens (tertiary/aromatic N) is 1. The molecule has 0 unspecified atom stereocenters. The number of hydrogen-bond donors (Lipinski definition) is 3. The average Bonchev–Trinajstić information content (AvgIpc) is 3.62. The van der Waals surface area contributed by atoms with Gasteiger partial charge in [-0.15, -0.1) is 0 Å². The number of amides is 2. The van der Waals surface area contributed by atoms with Crippen molar-refractivity contribution < 1.29 is 14.3 Å². The van der Waals surface area contributed by atoms with Gasteiger partial charge in [0.25, 0.3) is 11.8 Å². The second-order valence-electron chi connectivity index (χ2n) is 9.68. The molecule has 2 aromatic heterocycles. The summed E-state index contributed by atoms with van der Waals surface area (Å²) >= 11 is 0. The second-order valence-corrected chi connectivity index (χ2v) is 9.68. The first-order chi connectivity index (χ1) is 19.1. The maximum Gasteiger partial charge on any atom is 0.259 e. The highest BCUT2D eigenvalue weighted by Gasteiger charge is 2.35. The predicted octanol–water partition coefficient (Wildman–Crippen LogP) is 5.27. The number of benzene rings is 3. The fraction of sp³-hybridized carbons (Fsp3) is 0.188. The number of hydrogen-bond acceptors (Lipinski definition) is 4. The topological polar surface area (TPSA) is 88.2 Å². The van der Waals surface area contributed by atoms with E-state index in [2.05, 4.69) is 27.1 Å². The third-order valence-corrected chi connectivity index (χ3v) is 7.16. The summed E-state index contributed by atoms with van der Waals surface area (Å²) in [5.41, 5.74) is 5.19. The molecule has 7 nitrogen and oxygen atoms in total. The number of aromatic nitrogens is 2. The standard InChI is InChI=1S/C32H30N4O3/c1-2-33-15-8-16-36-19-26(24-17-22(13-14-28(24)36)39-20-21-9-4-3-5-10-21)30-29(31(37)35-32(30)38)25-18-34-27-12-7-6-11-23(25)27/h3-7,9-14,17-19,33-34H,2,8,15-16,20H2,1H3,(H,35,37,38). The van der Waals surface area contributed by atoms with Gasteiger partial charge in [0.05, 0.1) is 11.1 Å². The number of fused-ring (bicyclic) bond motifs is 2. The number of ether oxygens (including phenoxy) is 1. The van der Waals surface area contributed by atoms with Crippen molar-refractivity contribution >= 4 is 44.8 Å². The highest BCUT2D eigenvalue weighted by Crippen LogP contribution is 2.39. The van der Waals surface area contributed by atoms with Gasteiger partial charge >= 0.3 is 0 Å². The van der Waals surface area contributed by atoms with Gasteiger partial charge in [-0.25, -0.2) is 0 Å². The van der Waals surface area contributed by atoms with E-state index in [-0.39, 0.29) is 11.8 Å². The molecule has 5 aromatic rings. The summed E-state index contributed by atoms with van der Waals surface area (Å²) in [6.45, 7) is 5.12. The van der Waals surface area contributed by atoms with Crippen molar-refractivity contribution in [2.24, 2.45) is 0 Å². The average molecular weight is 519 g/mol. The number of rotatable bonds is 10. The quantitative estimate of drug-likeness (QED) is 0.174. The Labute approximate surface area is 226 Å². The molecule has 3 aromatic carbocycles. The smallest absolute Gasteiger partial charge is 0.259 e. The van der Waals surface area contributed by atoms with Crippen LogP contribution in [0.15, 0.2) is 85.2 Å². The monoisotopic (exact) mass is 518 g/mol. The minimum atomic E-state index is -0.386. The van der Waals surface area contributed by atoms with E-state index >= 15 is 0 Å². The number of aryl methyl sites for hydroxylation is 1. The predicted molar refractivity (Wildman–Crippen MR) is 154 cm³/mol. The lowest BCUT2D eigenvalue weighted by atomic mass is 9.95. The zero-order valence-electron chi connectivity index (χ0n) is 21.8. The number of carbonyl (C=O) groups is 2. The molecule has 196 valence electrons. The van der Waals surface area contributed by atoms with Crippen molar-refractivity contribution in [1.29, 1.82) is 0 Å². The Hall–Kier alpha value is -4.62. The van der Waals surface area contributed by atoms with Crippen LogP contribution >= 0.6 is 0 Å². The van der Waals surface area contributed by atoms with Crippen molar-refractivity contribution in [2.75, 3.05) is 13.1 Å². The summed E-state index contributed by atoms with van der Waals surface area (Å²) in [6, 6.07) is 23.8. The van der Waals surface area contributed by atoms with Gasteiger partial charge in [-0.2, -0.15) is 0 Å². The Morgan fingerprint density at radius 1 is 0.872 bits per heavy atom. The molecule has 0 saturated carbocycles. The van der Waals surface area contributed by atoms with E-state index in [1.165, 1.54) is 0 Å². The molecular formula is C32H30N4O3. The van der Waals surface area contributed by atoms with Gasteiger partial charge in [0.15, 0.2) is 0 Å². The van der Waals surface area contributed by atoms with E-state index in [0.29, 0.717) is 29.1 Å². The minimum Gasteiger partial charge on any atom is -0.489 e. The fourth-order valence-corrected chi connectivity index (χ4v) is 5.29. The van der Waals surface area contributed by atoms with Crippen LogP contribution in [0.1, 0.15) is 30.0 Å². The van der Waals surface area contributed by atoms with E-state index in [1.807, 2.05) is 85.2 Å². The van der Waals surface area contributed by atoms with Crippen LogP contribution in [0, 0.1) is 0 Å². The lowest BCUT2D eigenvalue weighted by Gasteiger charge is -2.09. The Morgan fingerprint density at radius 2 is 1.64 bits per heavy atom. The molecular weight excluding hydrogens is 488 g/mol. The molecule has 7 heteroatoms. The molecule has 0 spiro atoms. The molecule has 39 heavy (non-hydrogen) atoms. The SMILES string of the molecule is CCNCCCn1cc(C2=C(c3c[nH]c4ccccc34)C(=O)NC2=O)c2cc(OCc3ccccc3)ccc21. The van der Waals surface area contributed by atoms with Crippen LogP contribution in [0.2, 0.25) is 0 Å². The Bertz CT molecular complexity index is 1710. The Morgan fingerprint density at radius 3 is 2.46 bits per heavy atom. The van der Waals surface area contributed by atoms with Crippen LogP contribution in [0.5, 0.6) is 5.75 Å². The molecule has 3 heterocycles. The first-order valence-corrected chi connectivity index (χ1v) is 13.3. The first-order valence-electron chi connectivity index (χ1n) is 13.3.